The summed E-state index contributed by atoms with van der Waals surface area (Å²) in [5.74, 6) is -2.89. The van der Waals surface area contributed by atoms with Crippen LogP contribution in [0.2, 0.25) is 0 Å². The molecule has 2 aromatic carbocycles. The van der Waals surface area contributed by atoms with Crippen LogP contribution in [-0.2, 0) is 11.0 Å². The minimum atomic E-state index is -5.15. The van der Waals surface area contributed by atoms with Gasteiger partial charge in [0.2, 0.25) is 5.91 Å². The number of nitrogens with zero attached hydrogens (tertiary/aromatic N) is 6. The highest BCUT2D eigenvalue weighted by Crippen LogP contribution is 2.48. The van der Waals surface area contributed by atoms with Crippen molar-refractivity contribution in [1.29, 1.82) is 5.26 Å². The maximum Gasteiger partial charge on any atom is 0.417 e. The predicted molar refractivity (Wildman–Crippen MR) is 178 cm³/mol. The number of rotatable bonds is 7. The van der Waals surface area contributed by atoms with Crippen molar-refractivity contribution >= 4 is 49.1 Å². The van der Waals surface area contributed by atoms with Crippen LogP contribution in [-0.4, -0.2) is 94.5 Å². The average molecular weight is 734 g/mol. The molecule has 17 heteroatoms. The molecule has 3 fully saturated rings. The smallest absolute Gasteiger partial charge is 0.417 e. The Balaban J connectivity index is 1.45. The first-order chi connectivity index (χ1) is 24.2. The summed E-state index contributed by atoms with van der Waals surface area (Å²) in [6.07, 6.45) is -4.20. The second-order valence-corrected chi connectivity index (χ2v) is 14.5. The lowest BCUT2D eigenvalue weighted by atomic mass is 9.92. The number of likely N-dealkylation sites (N-methyl/N-ethyl adjacent to an activating group) is 1. The third kappa shape index (κ3) is 5.67. The van der Waals surface area contributed by atoms with Gasteiger partial charge in [0.15, 0.2) is 5.82 Å². The maximum atomic E-state index is 17.1. The number of halogens is 6. The molecule has 0 aliphatic carbocycles. The van der Waals surface area contributed by atoms with Crippen LogP contribution in [0.3, 0.4) is 0 Å². The second kappa shape index (κ2) is 12.7. The number of aliphatic hydroxyl groups excluding tert-OH is 1. The van der Waals surface area contributed by atoms with E-state index in [1.807, 2.05) is 11.0 Å². The Kier molecular flexibility index (Phi) is 8.70. The number of amides is 1. The summed E-state index contributed by atoms with van der Waals surface area (Å²) < 4.78 is 97.4. The summed E-state index contributed by atoms with van der Waals surface area (Å²) in [6.45, 7) is 2.11. The lowest BCUT2D eigenvalue weighted by molar-refractivity contribution is -0.137. The van der Waals surface area contributed by atoms with Crippen LogP contribution in [0.1, 0.15) is 43.7 Å². The number of anilines is 2. The monoisotopic (exact) mass is 733 g/mol. The fourth-order valence-corrected chi connectivity index (χ4v) is 9.16. The number of nitrogens with two attached hydrogens (primary N) is 1. The fraction of sp³-hybridized carbons (Fsp3) is 0.471. The summed E-state index contributed by atoms with van der Waals surface area (Å²) in [5, 5.41) is 18.6. The van der Waals surface area contributed by atoms with Gasteiger partial charge in [-0.25, -0.2) is 13.2 Å². The number of aliphatic hydroxyl groups is 1. The summed E-state index contributed by atoms with van der Waals surface area (Å²) >= 11 is 0.664. The van der Waals surface area contributed by atoms with E-state index in [9.17, 15) is 23.9 Å². The van der Waals surface area contributed by atoms with Gasteiger partial charge in [-0.3, -0.25) is 9.69 Å². The van der Waals surface area contributed by atoms with Gasteiger partial charge in [-0.05, 0) is 50.4 Å². The first kappa shape index (κ1) is 35.0. The molecule has 3 saturated heterocycles. The molecule has 51 heavy (non-hydrogen) atoms. The van der Waals surface area contributed by atoms with E-state index in [0.29, 0.717) is 30.7 Å². The molecule has 4 aromatic rings. The van der Waals surface area contributed by atoms with Crippen molar-refractivity contribution in [3.8, 4) is 23.2 Å². The summed E-state index contributed by atoms with van der Waals surface area (Å²) in [5.41, 5.74) is 1.70. The summed E-state index contributed by atoms with van der Waals surface area (Å²) in [6, 6.07) is 3.01. The number of carbonyl (C=O) groups is 1. The van der Waals surface area contributed by atoms with Crippen molar-refractivity contribution in [2.75, 3.05) is 50.5 Å². The van der Waals surface area contributed by atoms with Crippen molar-refractivity contribution in [3.05, 3.63) is 41.0 Å². The standard InChI is InChI=1S/C34H33F6N7O3S/c1-16-23(6-9-47(16)24(49)14-48)45(2)31-19-10-21(34(38,39)40)26(18-4-5-22(36)29-25(18)20(12-41)30(42)51-29)27(37)28(19)43-32(44-31)50-15-33-7-3-8-46(33)13-17(35)11-33/h4-5,10,16-17,23,48H,3,6-9,11,13-15,42H2,1-2H3/t16-,17+,23-,33-/m0/s1. The highest BCUT2D eigenvalue weighted by molar-refractivity contribution is 7.23. The molecule has 2 aromatic heterocycles. The van der Waals surface area contributed by atoms with E-state index in [4.69, 9.17) is 10.5 Å². The zero-order valence-corrected chi connectivity index (χ0v) is 28.3. The van der Waals surface area contributed by atoms with E-state index in [-0.39, 0.29) is 64.0 Å². The molecule has 4 atom stereocenters. The third-order valence-electron chi connectivity index (χ3n) is 10.6. The molecule has 3 N–H and O–H groups in total. The van der Waals surface area contributed by atoms with Gasteiger partial charge in [-0.1, -0.05) is 6.07 Å². The largest absolute Gasteiger partial charge is 0.461 e. The second-order valence-electron chi connectivity index (χ2n) is 13.4. The lowest BCUT2D eigenvalue weighted by Gasteiger charge is -2.33. The van der Waals surface area contributed by atoms with Crippen molar-refractivity contribution in [3.63, 3.8) is 0 Å². The minimum absolute atomic E-state index is 0.0475. The van der Waals surface area contributed by atoms with Gasteiger partial charge in [0, 0.05) is 48.9 Å². The summed E-state index contributed by atoms with van der Waals surface area (Å²) in [7, 11) is 1.55. The van der Waals surface area contributed by atoms with E-state index in [1.165, 1.54) is 4.90 Å². The fourth-order valence-electron chi connectivity index (χ4n) is 8.21. The molecule has 3 aliphatic heterocycles. The predicted octanol–water partition coefficient (Wildman–Crippen LogP) is 5.64. The number of nitriles is 1. The Hall–Kier alpha value is -4.40. The Labute approximate surface area is 292 Å². The number of alkyl halides is 4. The lowest BCUT2D eigenvalue weighted by Crippen LogP contribution is -2.45. The number of likely N-dealkylation sites (tertiary alicyclic amines) is 1. The van der Waals surface area contributed by atoms with Crippen LogP contribution in [0.25, 0.3) is 32.1 Å². The van der Waals surface area contributed by atoms with Crippen LogP contribution >= 0.6 is 11.3 Å². The summed E-state index contributed by atoms with van der Waals surface area (Å²) in [4.78, 5) is 26.2. The minimum Gasteiger partial charge on any atom is -0.461 e. The zero-order valence-electron chi connectivity index (χ0n) is 27.5. The van der Waals surface area contributed by atoms with Gasteiger partial charge >= 0.3 is 12.2 Å². The van der Waals surface area contributed by atoms with Crippen LogP contribution in [0.4, 0.5) is 37.2 Å². The number of nitrogen functional groups attached to an aromatic ring is 1. The molecule has 5 heterocycles. The number of hydrogen-bond donors (Lipinski definition) is 2. The van der Waals surface area contributed by atoms with E-state index in [0.717, 1.165) is 24.6 Å². The highest BCUT2D eigenvalue weighted by atomic mass is 32.1. The molecule has 0 unspecified atom stereocenters. The number of fused-ring (bicyclic) bond motifs is 3. The van der Waals surface area contributed by atoms with Gasteiger partial charge in [-0.2, -0.15) is 28.4 Å². The van der Waals surface area contributed by atoms with Gasteiger partial charge in [0.1, 0.15) is 47.6 Å². The first-order valence-electron chi connectivity index (χ1n) is 16.4. The van der Waals surface area contributed by atoms with Crippen LogP contribution in [0.5, 0.6) is 6.01 Å². The first-order valence-corrected chi connectivity index (χ1v) is 17.2. The van der Waals surface area contributed by atoms with Crippen molar-refractivity contribution in [1.82, 2.24) is 19.8 Å². The maximum absolute atomic E-state index is 17.1. The molecule has 270 valence electrons. The Bertz CT molecular complexity index is 2110. The molecular weight excluding hydrogens is 700 g/mol. The molecule has 10 nitrogen and oxygen atoms in total. The van der Waals surface area contributed by atoms with Crippen LogP contribution < -0.4 is 15.4 Å². The van der Waals surface area contributed by atoms with E-state index >= 15 is 17.6 Å². The number of thiophene rings is 1. The van der Waals surface area contributed by atoms with E-state index < -0.39 is 76.3 Å². The molecule has 0 bridgehead atoms. The number of ether oxygens (including phenoxy) is 1. The molecule has 7 rings (SSSR count). The van der Waals surface area contributed by atoms with Gasteiger partial charge < -0.3 is 25.4 Å². The molecule has 3 aliphatic rings. The van der Waals surface area contributed by atoms with E-state index in [1.54, 1.807) is 18.9 Å². The molecule has 0 saturated carbocycles. The Morgan fingerprint density at radius 3 is 2.75 bits per heavy atom. The van der Waals surface area contributed by atoms with Crippen molar-refractivity contribution in [2.45, 2.75) is 62.6 Å². The third-order valence-corrected chi connectivity index (χ3v) is 11.7. The van der Waals surface area contributed by atoms with E-state index in [2.05, 4.69) is 9.97 Å². The SMILES string of the molecule is C[C@H]1[C@@H](N(C)c2nc(OC[C@@]34CCCN3C[C@H](F)C4)nc3c(F)c(-c4ccc(F)c5sc(N)c(C#N)c45)c(C(F)(F)F)cc23)CCN1C(=O)CO. The van der Waals surface area contributed by atoms with Gasteiger partial charge in [-0.15, -0.1) is 11.3 Å². The van der Waals surface area contributed by atoms with Gasteiger partial charge in [0.05, 0.1) is 27.4 Å². The number of aromatic nitrogens is 2. The molecule has 0 spiro atoms. The molecule has 1 amide bonds. The number of benzene rings is 2. The van der Waals surface area contributed by atoms with Crippen molar-refractivity contribution < 1.29 is 41.0 Å². The average Bonchev–Trinajstić information content (AvgIpc) is 3.83. The Morgan fingerprint density at radius 1 is 1.27 bits per heavy atom. The normalized spacial score (nSPS) is 23.7. The van der Waals surface area contributed by atoms with Crippen molar-refractivity contribution in [2.24, 2.45) is 0 Å². The molecular formula is C34H33F6N7O3S. The highest BCUT2D eigenvalue weighted by Gasteiger charge is 2.49. The number of carbonyl (C=O) groups excluding carboxylic acids is 1. The number of hydrogen-bond acceptors (Lipinski definition) is 10. The topological polar surface area (TPSA) is 132 Å². The molecule has 0 radical (unpaired) electrons. The Morgan fingerprint density at radius 2 is 2.04 bits per heavy atom. The van der Waals surface area contributed by atoms with Crippen LogP contribution in [0, 0.1) is 23.0 Å². The van der Waals surface area contributed by atoms with Gasteiger partial charge in [0.25, 0.3) is 0 Å². The zero-order chi connectivity index (χ0) is 36.6. The van der Waals surface area contributed by atoms with Crippen LogP contribution in [0.15, 0.2) is 18.2 Å². The quantitative estimate of drug-likeness (QED) is 0.232.